The monoisotopic (exact) mass is 378 g/mol. The highest BCUT2D eigenvalue weighted by molar-refractivity contribution is 7.89. The smallest absolute Gasteiger partial charge is 0.243 e. The Morgan fingerprint density at radius 2 is 2.00 bits per heavy atom. The lowest BCUT2D eigenvalue weighted by Crippen LogP contribution is -2.47. The van der Waals surface area contributed by atoms with Crippen molar-refractivity contribution in [2.75, 3.05) is 27.2 Å². The van der Waals surface area contributed by atoms with Gasteiger partial charge in [-0.2, -0.15) is 4.31 Å². The molecule has 0 N–H and O–H groups in total. The Balaban J connectivity index is 2.06. The van der Waals surface area contributed by atoms with Crippen molar-refractivity contribution in [3.05, 3.63) is 59.4 Å². The number of halogens is 1. The minimum Gasteiger partial charge on any atom is -0.492 e. The number of rotatable bonds is 4. The zero-order chi connectivity index (χ0) is 18.9. The van der Waals surface area contributed by atoms with E-state index in [1.165, 1.54) is 22.5 Å². The second-order valence-electron chi connectivity index (χ2n) is 6.85. The lowest BCUT2D eigenvalue weighted by atomic mass is 10.1. The summed E-state index contributed by atoms with van der Waals surface area (Å²) in [7, 11) is -0.103. The molecule has 0 aliphatic carbocycles. The molecule has 5 nitrogen and oxygen atoms in total. The maximum Gasteiger partial charge on any atom is 0.243 e. The van der Waals surface area contributed by atoms with Crippen LogP contribution in [0.5, 0.6) is 5.75 Å². The van der Waals surface area contributed by atoms with Crippen LogP contribution in [0.15, 0.2) is 47.4 Å². The fourth-order valence-corrected chi connectivity index (χ4v) is 4.76. The zero-order valence-corrected chi connectivity index (χ0v) is 16.0. The molecule has 2 aromatic carbocycles. The van der Waals surface area contributed by atoms with Crippen molar-refractivity contribution in [1.29, 1.82) is 0 Å². The first-order valence-corrected chi connectivity index (χ1v) is 9.86. The summed E-state index contributed by atoms with van der Waals surface area (Å²) in [4.78, 5) is 1.88. The van der Waals surface area contributed by atoms with Crippen LogP contribution >= 0.6 is 0 Å². The highest BCUT2D eigenvalue weighted by Gasteiger charge is 2.35. The standard InChI is InChI=1S/C19H23FN2O3S/c1-14-7-8-19-15(9-14)11-22(17(13-25-19)12-21(2)3)26(23,24)18-6-4-5-16(20)10-18/h4-10,17H,11-13H2,1-3H3. The van der Waals surface area contributed by atoms with Gasteiger partial charge in [-0.15, -0.1) is 0 Å². The predicted octanol–water partition coefficient (Wildman–Crippen LogP) is 2.65. The third-order valence-corrected chi connectivity index (χ3v) is 6.25. The Morgan fingerprint density at radius 3 is 2.69 bits per heavy atom. The van der Waals surface area contributed by atoms with Gasteiger partial charge in [0.1, 0.15) is 18.2 Å². The number of likely N-dealkylation sites (N-methyl/N-ethyl adjacent to an activating group) is 1. The van der Waals surface area contributed by atoms with Crippen molar-refractivity contribution in [3.63, 3.8) is 0 Å². The normalized spacial score (nSPS) is 18.3. The van der Waals surface area contributed by atoms with E-state index in [-0.39, 0.29) is 24.1 Å². The van der Waals surface area contributed by atoms with Gasteiger partial charge in [0.15, 0.2) is 0 Å². The van der Waals surface area contributed by atoms with Crippen LogP contribution in [0.1, 0.15) is 11.1 Å². The van der Waals surface area contributed by atoms with Crippen LogP contribution in [0.25, 0.3) is 0 Å². The topological polar surface area (TPSA) is 49.9 Å². The maximum atomic E-state index is 13.6. The molecule has 0 saturated carbocycles. The number of ether oxygens (including phenoxy) is 1. The second kappa shape index (κ2) is 7.34. The van der Waals surface area contributed by atoms with Crippen molar-refractivity contribution in [2.24, 2.45) is 0 Å². The van der Waals surface area contributed by atoms with Crippen molar-refractivity contribution < 1.29 is 17.5 Å². The summed E-state index contributed by atoms with van der Waals surface area (Å²) in [5, 5.41) is 0. The van der Waals surface area contributed by atoms with E-state index < -0.39 is 15.8 Å². The van der Waals surface area contributed by atoms with Crippen LogP contribution < -0.4 is 4.74 Å². The molecule has 1 aliphatic rings. The average Bonchev–Trinajstić information content (AvgIpc) is 2.74. The molecule has 1 heterocycles. The van der Waals surface area contributed by atoms with Crippen LogP contribution in [0, 0.1) is 12.7 Å². The summed E-state index contributed by atoms with van der Waals surface area (Å²) in [5.41, 5.74) is 1.84. The highest BCUT2D eigenvalue weighted by Crippen LogP contribution is 2.30. The Hall–Kier alpha value is -1.96. The summed E-state index contributed by atoms with van der Waals surface area (Å²) in [6, 6.07) is 10.5. The van der Waals surface area contributed by atoms with Crippen LogP contribution in [0.3, 0.4) is 0 Å². The molecule has 0 bridgehead atoms. The SMILES string of the molecule is Cc1ccc2c(c1)CN(S(=O)(=O)c1cccc(F)c1)C(CN(C)C)CO2. The van der Waals surface area contributed by atoms with Gasteiger partial charge in [-0.05, 0) is 45.3 Å². The van der Waals surface area contributed by atoms with E-state index in [0.29, 0.717) is 12.3 Å². The van der Waals surface area contributed by atoms with Crippen LogP contribution in [0.2, 0.25) is 0 Å². The Labute approximate surface area is 154 Å². The fraction of sp³-hybridized carbons (Fsp3) is 0.368. The molecule has 140 valence electrons. The number of hydrogen-bond acceptors (Lipinski definition) is 4. The lowest BCUT2D eigenvalue weighted by Gasteiger charge is -2.30. The molecule has 26 heavy (non-hydrogen) atoms. The predicted molar refractivity (Wildman–Crippen MR) is 98.1 cm³/mol. The van der Waals surface area contributed by atoms with Gasteiger partial charge in [0, 0.05) is 18.7 Å². The van der Waals surface area contributed by atoms with Gasteiger partial charge < -0.3 is 9.64 Å². The van der Waals surface area contributed by atoms with Crippen molar-refractivity contribution in [1.82, 2.24) is 9.21 Å². The zero-order valence-electron chi connectivity index (χ0n) is 15.1. The molecule has 1 atom stereocenters. The summed E-state index contributed by atoms with van der Waals surface area (Å²) >= 11 is 0. The molecule has 1 aliphatic heterocycles. The molecule has 2 aromatic rings. The summed E-state index contributed by atoms with van der Waals surface area (Å²) in [6.07, 6.45) is 0. The van der Waals surface area contributed by atoms with E-state index in [0.717, 1.165) is 17.2 Å². The minimum atomic E-state index is -3.87. The van der Waals surface area contributed by atoms with Gasteiger partial charge in [0.05, 0.1) is 10.9 Å². The molecule has 3 rings (SSSR count). The Kier molecular flexibility index (Phi) is 5.32. The van der Waals surface area contributed by atoms with Crippen molar-refractivity contribution in [2.45, 2.75) is 24.4 Å². The number of sulfonamides is 1. The number of benzene rings is 2. The molecule has 7 heteroatoms. The molecular formula is C19H23FN2O3S. The third-order valence-electron chi connectivity index (χ3n) is 4.36. The second-order valence-corrected chi connectivity index (χ2v) is 8.74. The Bertz CT molecular complexity index is 899. The first-order valence-electron chi connectivity index (χ1n) is 8.42. The highest BCUT2D eigenvalue weighted by atomic mass is 32.2. The van der Waals surface area contributed by atoms with Gasteiger partial charge in [-0.3, -0.25) is 0 Å². The van der Waals surface area contributed by atoms with E-state index in [1.807, 2.05) is 44.1 Å². The Morgan fingerprint density at radius 1 is 1.23 bits per heavy atom. The molecule has 0 aromatic heterocycles. The number of fused-ring (bicyclic) bond motifs is 1. The number of nitrogens with zero attached hydrogens (tertiary/aromatic N) is 2. The lowest BCUT2D eigenvalue weighted by molar-refractivity contribution is 0.184. The quantitative estimate of drug-likeness (QED) is 0.821. The van der Waals surface area contributed by atoms with Gasteiger partial charge >= 0.3 is 0 Å². The summed E-state index contributed by atoms with van der Waals surface area (Å²) in [5.74, 6) is 0.119. The van der Waals surface area contributed by atoms with Crippen molar-refractivity contribution in [3.8, 4) is 5.75 Å². The largest absolute Gasteiger partial charge is 0.492 e. The molecule has 0 amide bonds. The van der Waals surface area contributed by atoms with Crippen LogP contribution in [0.4, 0.5) is 4.39 Å². The van der Waals surface area contributed by atoms with E-state index in [2.05, 4.69) is 0 Å². The molecule has 0 fully saturated rings. The first kappa shape index (κ1) is 18.8. The molecule has 0 saturated heterocycles. The van der Waals surface area contributed by atoms with Crippen LogP contribution in [-0.4, -0.2) is 50.9 Å². The molecule has 1 unspecified atom stereocenters. The van der Waals surface area contributed by atoms with E-state index in [4.69, 9.17) is 4.74 Å². The number of hydrogen-bond donors (Lipinski definition) is 0. The molecule has 0 spiro atoms. The van der Waals surface area contributed by atoms with Crippen LogP contribution in [-0.2, 0) is 16.6 Å². The first-order chi connectivity index (χ1) is 12.3. The molecular weight excluding hydrogens is 355 g/mol. The van der Waals surface area contributed by atoms with Gasteiger partial charge in [-0.25, -0.2) is 12.8 Å². The number of aryl methyl sites for hydroxylation is 1. The van der Waals surface area contributed by atoms with E-state index in [1.54, 1.807) is 0 Å². The van der Waals surface area contributed by atoms with Crippen molar-refractivity contribution >= 4 is 10.0 Å². The van der Waals surface area contributed by atoms with E-state index >= 15 is 0 Å². The summed E-state index contributed by atoms with van der Waals surface area (Å²) < 4.78 is 47.5. The molecule has 0 radical (unpaired) electrons. The van der Waals surface area contributed by atoms with E-state index in [9.17, 15) is 12.8 Å². The minimum absolute atomic E-state index is 0.0441. The van der Waals surface area contributed by atoms with Gasteiger partial charge in [0.25, 0.3) is 0 Å². The fourth-order valence-electron chi connectivity index (χ4n) is 3.15. The van der Waals surface area contributed by atoms with Gasteiger partial charge in [-0.1, -0.05) is 23.8 Å². The average molecular weight is 378 g/mol. The third kappa shape index (κ3) is 3.90. The summed E-state index contributed by atoms with van der Waals surface area (Å²) in [6.45, 7) is 2.88. The maximum absolute atomic E-state index is 13.6. The van der Waals surface area contributed by atoms with Gasteiger partial charge in [0.2, 0.25) is 10.0 Å².